The lowest BCUT2D eigenvalue weighted by molar-refractivity contribution is -0.152. The first-order valence-corrected chi connectivity index (χ1v) is 8.98. The Morgan fingerprint density at radius 2 is 1.88 bits per heavy atom. The number of carbonyl (C=O) groups is 2. The first-order chi connectivity index (χ1) is 12.5. The highest BCUT2D eigenvalue weighted by Crippen LogP contribution is 2.19. The van der Waals surface area contributed by atoms with Crippen molar-refractivity contribution in [2.75, 3.05) is 0 Å². The van der Waals surface area contributed by atoms with Crippen molar-refractivity contribution in [1.82, 2.24) is 19.7 Å². The highest BCUT2D eigenvalue weighted by molar-refractivity contribution is 5.85. The average Bonchev–Trinajstić information content (AvgIpc) is 3.00. The highest BCUT2D eigenvalue weighted by atomic mass is 16.4. The summed E-state index contributed by atoms with van der Waals surface area (Å²) in [6, 6.07) is 7.10. The molecule has 0 fully saturated rings. The van der Waals surface area contributed by atoms with E-state index in [2.05, 4.69) is 17.1 Å². The van der Waals surface area contributed by atoms with Gasteiger partial charge in [-0.2, -0.15) is 0 Å². The number of hydrogen-bond donors (Lipinski definition) is 1. The number of fused-ring (bicyclic) bond motifs is 1. The largest absolute Gasteiger partial charge is 0.480 e. The van der Waals surface area contributed by atoms with Crippen LogP contribution >= 0.6 is 0 Å². The van der Waals surface area contributed by atoms with Gasteiger partial charge in [-0.1, -0.05) is 37.6 Å². The molecule has 1 amide bonds. The van der Waals surface area contributed by atoms with Crippen molar-refractivity contribution < 1.29 is 14.7 Å². The molecule has 0 bridgehead atoms. The summed E-state index contributed by atoms with van der Waals surface area (Å²) >= 11 is 0. The molecule has 138 valence electrons. The van der Waals surface area contributed by atoms with Crippen molar-refractivity contribution in [2.24, 2.45) is 0 Å². The minimum Gasteiger partial charge on any atom is -0.480 e. The van der Waals surface area contributed by atoms with E-state index in [9.17, 15) is 14.7 Å². The summed E-state index contributed by atoms with van der Waals surface area (Å²) < 4.78 is 1.77. The number of unbranched alkanes of at least 4 members (excludes halogenated alkanes) is 1. The zero-order valence-corrected chi connectivity index (χ0v) is 15.2. The van der Waals surface area contributed by atoms with Gasteiger partial charge in [-0.15, -0.1) is 10.2 Å². The monoisotopic (exact) mass is 356 g/mol. The number of amides is 1. The van der Waals surface area contributed by atoms with Gasteiger partial charge in [0.05, 0.1) is 19.5 Å². The summed E-state index contributed by atoms with van der Waals surface area (Å²) in [5.41, 5.74) is 2.15. The van der Waals surface area contributed by atoms with Gasteiger partial charge in [-0.05, 0) is 30.9 Å². The molecule has 0 aliphatic carbocycles. The molecule has 1 atom stereocenters. The van der Waals surface area contributed by atoms with E-state index < -0.39 is 12.0 Å². The molecule has 0 saturated heterocycles. The summed E-state index contributed by atoms with van der Waals surface area (Å²) in [4.78, 5) is 25.8. The van der Waals surface area contributed by atoms with Crippen LogP contribution < -0.4 is 0 Å². The second kappa shape index (κ2) is 7.68. The van der Waals surface area contributed by atoms with Crippen molar-refractivity contribution in [3.8, 4) is 0 Å². The molecule has 0 saturated carbocycles. The van der Waals surface area contributed by atoms with E-state index in [0.29, 0.717) is 11.6 Å². The van der Waals surface area contributed by atoms with Crippen LogP contribution in [0.2, 0.25) is 0 Å². The Balaban J connectivity index is 1.72. The van der Waals surface area contributed by atoms with Crippen LogP contribution in [0.1, 0.15) is 42.5 Å². The van der Waals surface area contributed by atoms with Gasteiger partial charge >= 0.3 is 5.97 Å². The molecule has 1 aromatic carbocycles. The fraction of sp³-hybridized carbons (Fsp3) is 0.474. The highest BCUT2D eigenvalue weighted by Gasteiger charge is 2.36. The molecule has 7 heteroatoms. The molecule has 1 aliphatic heterocycles. The van der Waals surface area contributed by atoms with Crippen molar-refractivity contribution in [3.05, 3.63) is 47.0 Å². The Bertz CT molecular complexity index is 798. The second-order valence-corrected chi connectivity index (χ2v) is 6.75. The second-order valence-electron chi connectivity index (χ2n) is 6.75. The fourth-order valence-corrected chi connectivity index (χ4v) is 3.27. The third kappa shape index (κ3) is 3.76. The summed E-state index contributed by atoms with van der Waals surface area (Å²) in [6.45, 7) is 4.30. The lowest BCUT2D eigenvalue weighted by Gasteiger charge is -2.33. The first-order valence-electron chi connectivity index (χ1n) is 8.98. The van der Waals surface area contributed by atoms with Crippen molar-refractivity contribution in [2.45, 2.75) is 58.7 Å². The molecule has 2 aromatic rings. The Hall–Kier alpha value is -2.70. The Morgan fingerprint density at radius 3 is 2.54 bits per heavy atom. The van der Waals surface area contributed by atoms with Gasteiger partial charge in [0.25, 0.3) is 0 Å². The van der Waals surface area contributed by atoms with Gasteiger partial charge in [-0.25, -0.2) is 4.79 Å². The van der Waals surface area contributed by atoms with Crippen LogP contribution in [0, 0.1) is 6.92 Å². The summed E-state index contributed by atoms with van der Waals surface area (Å²) in [5.74, 6) is 0.0851. The van der Waals surface area contributed by atoms with Gasteiger partial charge in [-0.3, -0.25) is 4.79 Å². The zero-order chi connectivity index (χ0) is 18.7. The molecule has 7 nitrogen and oxygen atoms in total. The lowest BCUT2D eigenvalue weighted by atomic mass is 10.0. The molecule has 0 radical (unpaired) electrons. The number of nitrogens with zero attached hydrogens (tertiary/aromatic N) is 4. The maximum absolute atomic E-state index is 12.8. The SMILES string of the molecule is CCCCc1ccc(CC(=O)N2Cc3nnc(C)n3CC2C(=O)O)cc1. The van der Waals surface area contributed by atoms with E-state index in [1.54, 1.807) is 11.5 Å². The molecule has 1 unspecified atom stereocenters. The normalized spacial score (nSPS) is 16.4. The number of carbonyl (C=O) groups excluding carboxylic acids is 1. The number of aromatic nitrogens is 3. The van der Waals surface area contributed by atoms with E-state index in [1.165, 1.54) is 10.5 Å². The van der Waals surface area contributed by atoms with Crippen LogP contribution in [0.15, 0.2) is 24.3 Å². The molecule has 1 aromatic heterocycles. The smallest absolute Gasteiger partial charge is 0.328 e. The van der Waals surface area contributed by atoms with Gasteiger partial charge in [0.2, 0.25) is 5.91 Å². The standard InChI is InChI=1S/C19H24N4O3/c1-3-4-5-14-6-8-15(9-7-14)10-18(24)23-12-17-21-20-13(2)22(17)11-16(23)19(25)26/h6-9,16H,3-5,10-12H2,1-2H3,(H,25,26). The predicted octanol–water partition coefficient (Wildman–Crippen LogP) is 1.97. The predicted molar refractivity (Wildman–Crippen MR) is 95.5 cm³/mol. The van der Waals surface area contributed by atoms with E-state index in [1.807, 2.05) is 24.3 Å². The van der Waals surface area contributed by atoms with Crippen LogP contribution in [0.25, 0.3) is 0 Å². The van der Waals surface area contributed by atoms with Gasteiger partial charge < -0.3 is 14.6 Å². The number of benzene rings is 1. The molecule has 26 heavy (non-hydrogen) atoms. The zero-order valence-electron chi connectivity index (χ0n) is 15.2. The molecule has 1 aliphatic rings. The molecule has 0 spiro atoms. The molecule has 2 heterocycles. The summed E-state index contributed by atoms with van der Waals surface area (Å²) in [7, 11) is 0. The fourth-order valence-electron chi connectivity index (χ4n) is 3.27. The van der Waals surface area contributed by atoms with Crippen molar-refractivity contribution in [3.63, 3.8) is 0 Å². The summed E-state index contributed by atoms with van der Waals surface area (Å²) in [6.07, 6.45) is 3.51. The Kier molecular flexibility index (Phi) is 5.35. The summed E-state index contributed by atoms with van der Waals surface area (Å²) in [5, 5.41) is 17.6. The van der Waals surface area contributed by atoms with Crippen molar-refractivity contribution >= 4 is 11.9 Å². The number of carboxylic acids is 1. The number of hydrogen-bond acceptors (Lipinski definition) is 4. The van der Waals surface area contributed by atoms with E-state index in [0.717, 1.165) is 24.8 Å². The molecular weight excluding hydrogens is 332 g/mol. The number of aryl methyl sites for hydroxylation is 2. The minimum atomic E-state index is -1.01. The number of carboxylic acid groups (broad SMARTS) is 1. The van der Waals surface area contributed by atoms with E-state index in [-0.39, 0.29) is 25.4 Å². The van der Waals surface area contributed by atoms with E-state index >= 15 is 0 Å². The topological polar surface area (TPSA) is 88.3 Å². The van der Waals surface area contributed by atoms with Crippen LogP contribution in [0.5, 0.6) is 0 Å². The van der Waals surface area contributed by atoms with Gasteiger partial charge in [0.1, 0.15) is 11.9 Å². The Labute approximate surface area is 152 Å². The third-order valence-electron chi connectivity index (χ3n) is 4.86. The minimum absolute atomic E-state index is 0.172. The molecule has 3 rings (SSSR count). The van der Waals surface area contributed by atoms with Crippen LogP contribution in [-0.2, 0) is 35.5 Å². The molecule has 1 N–H and O–H groups in total. The first kappa shape index (κ1) is 18.1. The van der Waals surface area contributed by atoms with Crippen molar-refractivity contribution in [1.29, 1.82) is 0 Å². The molecular formula is C19H24N4O3. The average molecular weight is 356 g/mol. The van der Waals surface area contributed by atoms with Crippen LogP contribution in [-0.4, -0.2) is 42.7 Å². The van der Waals surface area contributed by atoms with Gasteiger partial charge in [0, 0.05) is 0 Å². The maximum atomic E-state index is 12.8. The maximum Gasteiger partial charge on any atom is 0.328 e. The van der Waals surface area contributed by atoms with Gasteiger partial charge in [0.15, 0.2) is 5.82 Å². The lowest BCUT2D eigenvalue weighted by Crippen LogP contribution is -2.51. The Morgan fingerprint density at radius 1 is 1.19 bits per heavy atom. The van der Waals surface area contributed by atoms with E-state index in [4.69, 9.17) is 0 Å². The third-order valence-corrected chi connectivity index (χ3v) is 4.86. The number of rotatable bonds is 6. The van der Waals surface area contributed by atoms with Crippen LogP contribution in [0.3, 0.4) is 0 Å². The van der Waals surface area contributed by atoms with Crippen LogP contribution in [0.4, 0.5) is 0 Å². The quantitative estimate of drug-likeness (QED) is 0.855. The number of aliphatic carboxylic acids is 1.